The van der Waals surface area contributed by atoms with Gasteiger partial charge in [-0.2, -0.15) is 0 Å². The Balaban J connectivity index is 1.81. The third-order valence-electron chi connectivity index (χ3n) is 4.84. The van der Waals surface area contributed by atoms with Crippen molar-refractivity contribution in [3.63, 3.8) is 0 Å². The summed E-state index contributed by atoms with van der Waals surface area (Å²) in [6, 6.07) is 15.0. The molecule has 0 saturated heterocycles. The number of nitrogens with one attached hydrogen (secondary N) is 1. The molecular formula is C23H22ClNO6. The molecule has 3 aromatic rings. The van der Waals surface area contributed by atoms with Gasteiger partial charge in [0.05, 0.1) is 12.3 Å². The Bertz CT molecular complexity index is 1030. The highest BCUT2D eigenvalue weighted by Gasteiger charge is 2.33. The van der Waals surface area contributed by atoms with Gasteiger partial charge < -0.3 is 25.1 Å². The SMILES string of the molecule is Cc1cc(Cl)cc(-c2ccc(C[C@H](NC(=O)c3ccco3)[C@H](O)[C@@H](O)C(=O)O)cc2)c1. The van der Waals surface area contributed by atoms with Crippen molar-refractivity contribution in [3.05, 3.63) is 82.8 Å². The van der Waals surface area contributed by atoms with E-state index < -0.39 is 30.1 Å². The summed E-state index contributed by atoms with van der Waals surface area (Å²) in [4.78, 5) is 23.5. The maximum atomic E-state index is 12.3. The predicted octanol–water partition coefficient (Wildman–Crippen LogP) is 3.06. The van der Waals surface area contributed by atoms with E-state index in [-0.39, 0.29) is 12.2 Å². The second-order valence-corrected chi connectivity index (χ2v) is 7.69. The molecule has 0 spiro atoms. The monoisotopic (exact) mass is 443 g/mol. The van der Waals surface area contributed by atoms with Crippen LogP contribution in [0.3, 0.4) is 0 Å². The number of aliphatic hydroxyl groups excluding tert-OH is 2. The van der Waals surface area contributed by atoms with Gasteiger partial charge in [0.2, 0.25) is 0 Å². The summed E-state index contributed by atoms with van der Waals surface area (Å²) in [6.45, 7) is 1.95. The number of furan rings is 1. The molecule has 0 aliphatic rings. The van der Waals surface area contributed by atoms with Crippen molar-refractivity contribution in [1.29, 1.82) is 0 Å². The number of carbonyl (C=O) groups is 2. The van der Waals surface area contributed by atoms with Crippen LogP contribution in [-0.4, -0.2) is 45.4 Å². The van der Waals surface area contributed by atoms with Crippen molar-refractivity contribution in [1.82, 2.24) is 5.32 Å². The number of carbonyl (C=O) groups excluding carboxylic acids is 1. The number of halogens is 1. The van der Waals surface area contributed by atoms with Crippen LogP contribution in [0.1, 0.15) is 21.7 Å². The van der Waals surface area contributed by atoms with Gasteiger partial charge in [-0.3, -0.25) is 4.79 Å². The molecule has 0 unspecified atom stereocenters. The van der Waals surface area contributed by atoms with Crippen LogP contribution in [0.4, 0.5) is 0 Å². The van der Waals surface area contributed by atoms with Crippen molar-refractivity contribution in [2.45, 2.75) is 31.6 Å². The molecule has 0 aliphatic heterocycles. The van der Waals surface area contributed by atoms with Gasteiger partial charge in [0, 0.05) is 5.02 Å². The summed E-state index contributed by atoms with van der Waals surface area (Å²) in [7, 11) is 0. The molecule has 4 N–H and O–H groups in total. The normalized spacial score (nSPS) is 13.9. The molecule has 1 heterocycles. The largest absolute Gasteiger partial charge is 0.479 e. The number of carboxylic acid groups (broad SMARTS) is 1. The van der Waals surface area contributed by atoms with E-state index in [1.165, 1.54) is 18.4 Å². The zero-order valence-electron chi connectivity index (χ0n) is 16.7. The van der Waals surface area contributed by atoms with E-state index in [9.17, 15) is 19.8 Å². The Hall–Kier alpha value is -3.13. The first-order chi connectivity index (χ1) is 14.7. The number of benzene rings is 2. The zero-order chi connectivity index (χ0) is 22.5. The maximum Gasteiger partial charge on any atom is 0.335 e. The average molecular weight is 444 g/mol. The van der Waals surface area contributed by atoms with Crippen LogP contribution in [0.25, 0.3) is 11.1 Å². The van der Waals surface area contributed by atoms with Gasteiger partial charge in [0.15, 0.2) is 11.9 Å². The first kappa shape index (κ1) is 22.6. The van der Waals surface area contributed by atoms with Gasteiger partial charge in [-0.1, -0.05) is 41.9 Å². The molecule has 162 valence electrons. The second-order valence-electron chi connectivity index (χ2n) is 7.25. The highest BCUT2D eigenvalue weighted by Crippen LogP contribution is 2.25. The third kappa shape index (κ3) is 5.73. The molecule has 3 rings (SSSR count). The van der Waals surface area contributed by atoms with Crippen LogP contribution >= 0.6 is 11.6 Å². The highest BCUT2D eigenvalue weighted by atomic mass is 35.5. The fraction of sp³-hybridized carbons (Fsp3) is 0.217. The number of aryl methyl sites for hydroxylation is 1. The summed E-state index contributed by atoms with van der Waals surface area (Å²) >= 11 is 6.13. The standard InChI is InChI=1S/C23H22ClNO6/c1-13-9-16(12-17(24)10-13)15-6-4-14(5-7-15)11-18(20(26)21(27)23(29)30)25-22(28)19-3-2-8-31-19/h2-10,12,18,20-21,26-27H,11H2,1H3,(H,25,28)(H,29,30)/t18-,20-,21+/m0/s1. The fourth-order valence-electron chi connectivity index (χ4n) is 3.26. The summed E-state index contributed by atoms with van der Waals surface area (Å²) < 4.78 is 5.03. The van der Waals surface area contributed by atoms with E-state index in [1.54, 1.807) is 12.1 Å². The van der Waals surface area contributed by atoms with Gasteiger partial charge in [0.25, 0.3) is 5.91 Å². The molecule has 0 fully saturated rings. The van der Waals surface area contributed by atoms with Crippen LogP contribution in [0.5, 0.6) is 0 Å². The zero-order valence-corrected chi connectivity index (χ0v) is 17.4. The molecule has 0 saturated carbocycles. The minimum atomic E-state index is -2.06. The van der Waals surface area contributed by atoms with Crippen molar-refractivity contribution < 1.29 is 29.3 Å². The van der Waals surface area contributed by atoms with Crippen LogP contribution in [0.15, 0.2) is 65.3 Å². The molecule has 0 radical (unpaired) electrons. The number of hydrogen-bond donors (Lipinski definition) is 4. The van der Waals surface area contributed by atoms with Gasteiger partial charge in [0.1, 0.15) is 6.10 Å². The third-order valence-corrected chi connectivity index (χ3v) is 5.05. The number of amides is 1. The van der Waals surface area contributed by atoms with Gasteiger partial charge in [-0.05, 0) is 59.9 Å². The number of aliphatic hydroxyl groups is 2. The molecule has 8 heteroatoms. The van der Waals surface area contributed by atoms with Crippen LogP contribution < -0.4 is 5.32 Å². The van der Waals surface area contributed by atoms with Gasteiger partial charge in [-0.15, -0.1) is 0 Å². The lowest BCUT2D eigenvalue weighted by molar-refractivity contribution is -0.153. The van der Waals surface area contributed by atoms with Crippen LogP contribution in [0.2, 0.25) is 5.02 Å². The number of rotatable bonds is 8. The summed E-state index contributed by atoms with van der Waals surface area (Å²) in [5, 5.41) is 32.4. The Morgan fingerprint density at radius 1 is 1.06 bits per heavy atom. The molecule has 0 aliphatic carbocycles. The molecule has 1 amide bonds. The van der Waals surface area contributed by atoms with E-state index in [4.69, 9.17) is 21.1 Å². The van der Waals surface area contributed by atoms with Crippen LogP contribution in [0, 0.1) is 6.92 Å². The quantitative estimate of drug-likeness (QED) is 0.424. The Morgan fingerprint density at radius 3 is 2.35 bits per heavy atom. The Kier molecular flexibility index (Phi) is 7.12. The maximum absolute atomic E-state index is 12.3. The molecular weight excluding hydrogens is 422 g/mol. The van der Waals surface area contributed by atoms with Gasteiger partial charge in [-0.25, -0.2) is 4.79 Å². The Labute approximate surface area is 183 Å². The highest BCUT2D eigenvalue weighted by molar-refractivity contribution is 6.31. The summed E-state index contributed by atoms with van der Waals surface area (Å²) in [5.41, 5.74) is 3.62. The van der Waals surface area contributed by atoms with Crippen molar-refractivity contribution in [2.24, 2.45) is 0 Å². The lowest BCUT2D eigenvalue weighted by Crippen LogP contribution is -2.52. The minimum Gasteiger partial charge on any atom is -0.479 e. The first-order valence-corrected chi connectivity index (χ1v) is 9.92. The summed E-state index contributed by atoms with van der Waals surface area (Å²) in [5.74, 6) is -2.21. The number of aliphatic carboxylic acids is 1. The average Bonchev–Trinajstić information content (AvgIpc) is 3.27. The first-order valence-electron chi connectivity index (χ1n) is 9.54. The number of hydrogen-bond acceptors (Lipinski definition) is 5. The molecule has 2 aromatic carbocycles. The van der Waals surface area contributed by atoms with Crippen molar-refractivity contribution in [3.8, 4) is 11.1 Å². The van der Waals surface area contributed by atoms with E-state index in [0.717, 1.165) is 22.3 Å². The van der Waals surface area contributed by atoms with E-state index in [1.807, 2.05) is 37.3 Å². The van der Waals surface area contributed by atoms with Gasteiger partial charge >= 0.3 is 5.97 Å². The van der Waals surface area contributed by atoms with Crippen molar-refractivity contribution >= 4 is 23.5 Å². The molecule has 7 nitrogen and oxygen atoms in total. The lowest BCUT2D eigenvalue weighted by Gasteiger charge is -2.26. The molecule has 0 bridgehead atoms. The molecule has 3 atom stereocenters. The smallest absolute Gasteiger partial charge is 0.335 e. The second kappa shape index (κ2) is 9.78. The molecule has 1 aromatic heterocycles. The topological polar surface area (TPSA) is 120 Å². The Morgan fingerprint density at radius 2 is 1.77 bits per heavy atom. The predicted molar refractivity (Wildman–Crippen MR) is 115 cm³/mol. The number of carboxylic acids is 1. The van der Waals surface area contributed by atoms with E-state index in [0.29, 0.717) is 5.02 Å². The van der Waals surface area contributed by atoms with Crippen LogP contribution in [-0.2, 0) is 11.2 Å². The van der Waals surface area contributed by atoms with Crippen molar-refractivity contribution in [2.75, 3.05) is 0 Å². The molecule has 31 heavy (non-hydrogen) atoms. The van der Waals surface area contributed by atoms with E-state index in [2.05, 4.69) is 5.32 Å². The lowest BCUT2D eigenvalue weighted by atomic mass is 9.95. The fourth-order valence-corrected chi connectivity index (χ4v) is 3.55. The summed E-state index contributed by atoms with van der Waals surface area (Å²) in [6.07, 6.45) is -2.38. The minimum absolute atomic E-state index is 0.00805. The van der Waals surface area contributed by atoms with E-state index >= 15 is 0 Å².